The molecule has 0 fully saturated rings. The average Bonchev–Trinajstić information content (AvgIpc) is 2.43. The number of hydrogen-bond donors (Lipinski definition) is 2. The molecule has 2 N–H and O–H groups in total. The summed E-state index contributed by atoms with van der Waals surface area (Å²) in [5, 5.41) is 12.0. The molecule has 2 aromatic rings. The number of phenols is 1. The largest absolute Gasteiger partial charge is 0.507 e. The van der Waals surface area contributed by atoms with E-state index in [1.54, 1.807) is 18.3 Å². The summed E-state index contributed by atoms with van der Waals surface area (Å²) in [5.41, 5.74) is -0.305. The molecular weight excluding hydrogens is 263 g/mol. The molecule has 0 spiro atoms. The Labute approximate surface area is 114 Å². The molecule has 0 saturated carbocycles. The van der Waals surface area contributed by atoms with Crippen molar-refractivity contribution in [3.05, 3.63) is 64.3 Å². The zero-order valence-corrected chi connectivity index (χ0v) is 10.5. The van der Waals surface area contributed by atoms with E-state index >= 15 is 0 Å². The Balaban J connectivity index is 1.98. The first-order valence-corrected chi connectivity index (χ1v) is 6.00. The number of halogens is 1. The molecule has 0 radical (unpaired) electrons. The SMILES string of the molecule is O=C(NCCn1ccccc1=O)c1cc(F)ccc1O. The zero-order valence-electron chi connectivity index (χ0n) is 10.5. The molecule has 104 valence electrons. The van der Waals surface area contributed by atoms with Gasteiger partial charge in [-0.2, -0.15) is 0 Å². The van der Waals surface area contributed by atoms with E-state index in [1.165, 1.54) is 10.6 Å². The molecule has 1 aromatic carbocycles. The molecule has 0 bridgehead atoms. The third-order valence-corrected chi connectivity index (χ3v) is 2.74. The summed E-state index contributed by atoms with van der Waals surface area (Å²) in [6, 6.07) is 7.89. The summed E-state index contributed by atoms with van der Waals surface area (Å²) in [6.07, 6.45) is 1.61. The fourth-order valence-corrected chi connectivity index (χ4v) is 1.72. The van der Waals surface area contributed by atoms with Gasteiger partial charge in [-0.1, -0.05) is 6.07 Å². The molecule has 20 heavy (non-hydrogen) atoms. The Morgan fingerprint density at radius 3 is 2.85 bits per heavy atom. The predicted octanol–water partition coefficient (Wildman–Crippen LogP) is 1.12. The van der Waals surface area contributed by atoms with Crippen LogP contribution in [0.1, 0.15) is 10.4 Å². The molecule has 0 aliphatic carbocycles. The first-order chi connectivity index (χ1) is 9.58. The van der Waals surface area contributed by atoms with Crippen LogP contribution in [0, 0.1) is 5.82 Å². The van der Waals surface area contributed by atoms with Gasteiger partial charge in [0.05, 0.1) is 5.56 Å². The topological polar surface area (TPSA) is 71.3 Å². The number of carbonyl (C=O) groups is 1. The smallest absolute Gasteiger partial charge is 0.255 e. The number of pyridine rings is 1. The lowest BCUT2D eigenvalue weighted by molar-refractivity contribution is 0.0949. The summed E-state index contributed by atoms with van der Waals surface area (Å²) in [5.74, 6) is -1.49. The summed E-state index contributed by atoms with van der Waals surface area (Å²) in [7, 11) is 0. The number of rotatable bonds is 4. The van der Waals surface area contributed by atoms with E-state index in [9.17, 15) is 19.1 Å². The van der Waals surface area contributed by atoms with Crippen LogP contribution in [0.15, 0.2) is 47.4 Å². The number of aromatic nitrogens is 1. The molecule has 0 saturated heterocycles. The molecule has 0 aliphatic heterocycles. The highest BCUT2D eigenvalue weighted by atomic mass is 19.1. The third-order valence-electron chi connectivity index (χ3n) is 2.74. The first-order valence-electron chi connectivity index (χ1n) is 6.00. The third kappa shape index (κ3) is 3.23. The molecule has 1 aromatic heterocycles. The van der Waals surface area contributed by atoms with Gasteiger partial charge >= 0.3 is 0 Å². The van der Waals surface area contributed by atoms with Crippen molar-refractivity contribution in [3.63, 3.8) is 0 Å². The maximum absolute atomic E-state index is 13.0. The van der Waals surface area contributed by atoms with Crippen LogP contribution in [0.3, 0.4) is 0 Å². The molecular formula is C14H13FN2O3. The van der Waals surface area contributed by atoms with E-state index in [4.69, 9.17) is 0 Å². The number of nitrogens with one attached hydrogen (secondary N) is 1. The van der Waals surface area contributed by atoms with Crippen molar-refractivity contribution in [1.29, 1.82) is 0 Å². The highest BCUT2D eigenvalue weighted by Gasteiger charge is 2.11. The monoisotopic (exact) mass is 276 g/mol. The van der Waals surface area contributed by atoms with Crippen molar-refractivity contribution in [2.24, 2.45) is 0 Å². The normalized spacial score (nSPS) is 10.2. The van der Waals surface area contributed by atoms with Crippen LogP contribution in [0.4, 0.5) is 4.39 Å². The molecule has 2 rings (SSSR count). The highest BCUT2D eigenvalue weighted by Crippen LogP contribution is 2.17. The molecule has 0 unspecified atom stereocenters. The van der Waals surface area contributed by atoms with Gasteiger partial charge in [0.1, 0.15) is 11.6 Å². The Kier molecular flexibility index (Phi) is 4.14. The molecule has 5 nitrogen and oxygen atoms in total. The summed E-state index contributed by atoms with van der Waals surface area (Å²) >= 11 is 0. The second-order valence-electron chi connectivity index (χ2n) is 4.15. The highest BCUT2D eigenvalue weighted by molar-refractivity contribution is 5.96. The van der Waals surface area contributed by atoms with Gasteiger partial charge in [0.25, 0.3) is 11.5 Å². The van der Waals surface area contributed by atoms with Gasteiger partial charge in [0.15, 0.2) is 0 Å². The van der Waals surface area contributed by atoms with E-state index < -0.39 is 11.7 Å². The quantitative estimate of drug-likeness (QED) is 0.879. The zero-order chi connectivity index (χ0) is 14.5. The minimum Gasteiger partial charge on any atom is -0.507 e. The lowest BCUT2D eigenvalue weighted by Gasteiger charge is -2.08. The van der Waals surface area contributed by atoms with E-state index in [1.807, 2.05) is 0 Å². The summed E-state index contributed by atoms with van der Waals surface area (Å²) in [4.78, 5) is 23.2. The van der Waals surface area contributed by atoms with Crippen molar-refractivity contribution < 1.29 is 14.3 Å². The van der Waals surface area contributed by atoms with Crippen LogP contribution in [0.25, 0.3) is 0 Å². The van der Waals surface area contributed by atoms with Crippen LogP contribution < -0.4 is 10.9 Å². The maximum atomic E-state index is 13.0. The van der Waals surface area contributed by atoms with Crippen molar-refractivity contribution in [3.8, 4) is 5.75 Å². The van der Waals surface area contributed by atoms with Gasteiger partial charge in [-0.15, -0.1) is 0 Å². The van der Waals surface area contributed by atoms with E-state index in [2.05, 4.69) is 5.32 Å². The Bertz CT molecular complexity index is 682. The number of aromatic hydroxyl groups is 1. The standard InChI is InChI=1S/C14H13FN2O3/c15-10-4-5-12(18)11(9-10)14(20)16-6-8-17-7-2-1-3-13(17)19/h1-5,7,9,18H,6,8H2,(H,16,20). The van der Waals surface area contributed by atoms with Crippen molar-refractivity contribution in [1.82, 2.24) is 9.88 Å². The van der Waals surface area contributed by atoms with Gasteiger partial charge < -0.3 is 15.0 Å². The second-order valence-corrected chi connectivity index (χ2v) is 4.15. The van der Waals surface area contributed by atoms with Gasteiger partial charge in [-0.3, -0.25) is 9.59 Å². The number of hydrogen-bond acceptors (Lipinski definition) is 3. The van der Waals surface area contributed by atoms with Crippen molar-refractivity contribution in [2.45, 2.75) is 6.54 Å². The minimum atomic E-state index is -0.604. The van der Waals surface area contributed by atoms with Gasteiger partial charge in [-0.05, 0) is 24.3 Å². The lowest BCUT2D eigenvalue weighted by Crippen LogP contribution is -2.30. The fourth-order valence-electron chi connectivity index (χ4n) is 1.72. The predicted molar refractivity (Wildman–Crippen MR) is 71.1 cm³/mol. The van der Waals surface area contributed by atoms with Crippen LogP contribution >= 0.6 is 0 Å². The first kappa shape index (κ1) is 13.8. The number of phenolic OH excluding ortho intramolecular Hbond substituents is 1. The van der Waals surface area contributed by atoms with Crippen LogP contribution in [-0.4, -0.2) is 22.1 Å². The Morgan fingerprint density at radius 2 is 2.10 bits per heavy atom. The summed E-state index contributed by atoms with van der Waals surface area (Å²) in [6.45, 7) is 0.486. The van der Waals surface area contributed by atoms with Crippen LogP contribution in [0.5, 0.6) is 5.75 Å². The molecule has 1 heterocycles. The minimum absolute atomic E-state index is 0.134. The van der Waals surface area contributed by atoms with E-state index in [-0.39, 0.29) is 23.4 Å². The maximum Gasteiger partial charge on any atom is 0.255 e. The van der Waals surface area contributed by atoms with Crippen LogP contribution in [-0.2, 0) is 6.54 Å². The Morgan fingerprint density at radius 1 is 1.30 bits per heavy atom. The lowest BCUT2D eigenvalue weighted by atomic mass is 10.2. The molecule has 1 amide bonds. The summed E-state index contributed by atoms with van der Waals surface area (Å²) < 4.78 is 14.4. The van der Waals surface area contributed by atoms with Gasteiger partial charge in [-0.25, -0.2) is 4.39 Å². The Hall–Kier alpha value is -2.63. The van der Waals surface area contributed by atoms with Crippen molar-refractivity contribution in [2.75, 3.05) is 6.54 Å². The van der Waals surface area contributed by atoms with Crippen LogP contribution in [0.2, 0.25) is 0 Å². The van der Waals surface area contributed by atoms with Gasteiger partial charge in [0, 0.05) is 25.4 Å². The number of amides is 1. The molecule has 0 atom stereocenters. The fraction of sp³-hybridized carbons (Fsp3) is 0.143. The number of carbonyl (C=O) groups excluding carboxylic acids is 1. The van der Waals surface area contributed by atoms with Crippen molar-refractivity contribution >= 4 is 5.91 Å². The van der Waals surface area contributed by atoms with Gasteiger partial charge in [0.2, 0.25) is 0 Å². The average molecular weight is 276 g/mol. The second kappa shape index (κ2) is 6.01. The van der Waals surface area contributed by atoms with E-state index in [0.29, 0.717) is 6.54 Å². The number of nitrogens with zero attached hydrogens (tertiary/aromatic N) is 1. The van der Waals surface area contributed by atoms with E-state index in [0.717, 1.165) is 18.2 Å². The molecule has 6 heteroatoms. The molecule has 0 aliphatic rings. The number of benzene rings is 1.